The summed E-state index contributed by atoms with van der Waals surface area (Å²) in [6.45, 7) is 6.35. The van der Waals surface area contributed by atoms with E-state index in [-0.39, 0.29) is 0 Å². The summed E-state index contributed by atoms with van der Waals surface area (Å²) in [6, 6.07) is 6.70. The third kappa shape index (κ3) is 3.72. The summed E-state index contributed by atoms with van der Waals surface area (Å²) in [7, 11) is 5.85. The molecule has 1 aromatic carbocycles. The van der Waals surface area contributed by atoms with Gasteiger partial charge in [0.2, 0.25) is 0 Å². The quantitative estimate of drug-likeness (QED) is 0.819. The summed E-state index contributed by atoms with van der Waals surface area (Å²) >= 11 is 0. The van der Waals surface area contributed by atoms with Crippen LogP contribution >= 0.6 is 0 Å². The van der Waals surface area contributed by atoms with Gasteiger partial charge in [-0.1, -0.05) is 17.7 Å². The molecule has 0 bridgehead atoms. The fourth-order valence-corrected chi connectivity index (χ4v) is 1.90. The number of rotatable bonds is 6. The van der Waals surface area contributed by atoms with Crippen molar-refractivity contribution in [2.24, 2.45) is 0 Å². The zero-order valence-electron chi connectivity index (χ0n) is 11.6. The fraction of sp³-hybridized carbons (Fsp3) is 0.571. The fourth-order valence-electron chi connectivity index (χ4n) is 1.90. The van der Waals surface area contributed by atoms with Crippen molar-refractivity contribution >= 4 is 0 Å². The molecule has 96 valence electrons. The zero-order chi connectivity index (χ0) is 12.8. The van der Waals surface area contributed by atoms with Gasteiger partial charge in [0.1, 0.15) is 5.75 Å². The molecule has 0 aromatic heterocycles. The van der Waals surface area contributed by atoms with Crippen LogP contribution in [0.1, 0.15) is 24.1 Å². The largest absolute Gasteiger partial charge is 0.496 e. The van der Waals surface area contributed by atoms with Crippen LogP contribution in [0.4, 0.5) is 0 Å². The first kappa shape index (κ1) is 14.0. The van der Waals surface area contributed by atoms with Crippen molar-refractivity contribution in [1.29, 1.82) is 0 Å². The van der Waals surface area contributed by atoms with E-state index in [1.165, 1.54) is 11.1 Å². The zero-order valence-corrected chi connectivity index (χ0v) is 11.6. The molecular weight excluding hydrogens is 212 g/mol. The molecule has 0 amide bonds. The topological polar surface area (TPSA) is 24.5 Å². The van der Waals surface area contributed by atoms with Crippen LogP contribution in [-0.4, -0.2) is 39.2 Å². The lowest BCUT2D eigenvalue weighted by atomic mass is 10.0. The third-order valence-electron chi connectivity index (χ3n) is 3.21. The van der Waals surface area contributed by atoms with E-state index in [9.17, 15) is 0 Å². The van der Waals surface area contributed by atoms with E-state index >= 15 is 0 Å². The Morgan fingerprint density at radius 1 is 1.41 bits per heavy atom. The standard InChI is InChI=1S/C14H24N2O/c1-11-6-7-14(17-5)13(10-11)12(2)16(4)9-8-15-3/h6-7,10,12,15H,8-9H2,1-5H3. The van der Waals surface area contributed by atoms with Gasteiger partial charge in [-0.2, -0.15) is 0 Å². The Bertz CT molecular complexity index is 352. The van der Waals surface area contributed by atoms with Crippen molar-refractivity contribution in [3.05, 3.63) is 29.3 Å². The van der Waals surface area contributed by atoms with Crippen LogP contribution in [0.5, 0.6) is 5.75 Å². The summed E-state index contributed by atoms with van der Waals surface area (Å²) in [5.74, 6) is 0.972. The van der Waals surface area contributed by atoms with Gasteiger partial charge in [-0.05, 0) is 34.0 Å². The summed E-state index contributed by atoms with van der Waals surface area (Å²) in [5, 5.41) is 3.17. The van der Waals surface area contributed by atoms with Crippen LogP contribution in [-0.2, 0) is 0 Å². The first-order chi connectivity index (χ1) is 8.10. The molecule has 0 radical (unpaired) electrons. The SMILES string of the molecule is CNCCN(C)C(C)c1cc(C)ccc1OC. The van der Waals surface area contributed by atoms with Crippen LogP contribution < -0.4 is 10.1 Å². The molecule has 1 unspecified atom stereocenters. The van der Waals surface area contributed by atoms with E-state index in [0.29, 0.717) is 6.04 Å². The monoisotopic (exact) mass is 236 g/mol. The van der Waals surface area contributed by atoms with Gasteiger partial charge in [0, 0.05) is 24.7 Å². The lowest BCUT2D eigenvalue weighted by molar-refractivity contribution is 0.257. The summed E-state index contributed by atoms with van der Waals surface area (Å²) in [4.78, 5) is 2.33. The Kier molecular flexibility index (Phi) is 5.45. The van der Waals surface area contributed by atoms with Crippen molar-refractivity contribution in [2.75, 3.05) is 34.3 Å². The minimum atomic E-state index is 0.359. The van der Waals surface area contributed by atoms with Gasteiger partial charge in [-0.3, -0.25) is 4.90 Å². The summed E-state index contributed by atoms with van der Waals surface area (Å²) in [6.07, 6.45) is 0. The molecule has 0 saturated carbocycles. The minimum absolute atomic E-state index is 0.359. The molecule has 0 aliphatic carbocycles. The van der Waals surface area contributed by atoms with Crippen molar-refractivity contribution in [2.45, 2.75) is 19.9 Å². The number of hydrogen-bond acceptors (Lipinski definition) is 3. The molecule has 1 atom stereocenters. The molecule has 17 heavy (non-hydrogen) atoms. The normalized spacial score (nSPS) is 12.8. The smallest absolute Gasteiger partial charge is 0.123 e. The van der Waals surface area contributed by atoms with Crippen LogP contribution in [0.25, 0.3) is 0 Å². The molecule has 3 heteroatoms. The molecule has 0 saturated heterocycles. The highest BCUT2D eigenvalue weighted by Gasteiger charge is 2.15. The van der Waals surface area contributed by atoms with Gasteiger partial charge in [-0.25, -0.2) is 0 Å². The number of likely N-dealkylation sites (N-methyl/N-ethyl adjacent to an activating group) is 2. The molecule has 0 spiro atoms. The Labute approximate surface area is 105 Å². The van der Waals surface area contributed by atoms with E-state index in [4.69, 9.17) is 4.74 Å². The number of nitrogens with one attached hydrogen (secondary N) is 1. The second-order valence-electron chi connectivity index (χ2n) is 4.51. The van der Waals surface area contributed by atoms with Gasteiger partial charge < -0.3 is 10.1 Å². The van der Waals surface area contributed by atoms with Crippen LogP contribution in [0.2, 0.25) is 0 Å². The maximum atomic E-state index is 5.43. The lowest BCUT2D eigenvalue weighted by Crippen LogP contribution is -2.30. The van der Waals surface area contributed by atoms with E-state index < -0.39 is 0 Å². The predicted octanol–water partition coefficient (Wildman–Crippen LogP) is 2.22. The van der Waals surface area contributed by atoms with Crippen molar-refractivity contribution in [3.63, 3.8) is 0 Å². The second-order valence-corrected chi connectivity index (χ2v) is 4.51. The van der Waals surface area contributed by atoms with E-state index in [2.05, 4.69) is 43.2 Å². The maximum Gasteiger partial charge on any atom is 0.123 e. The van der Waals surface area contributed by atoms with Crippen molar-refractivity contribution < 1.29 is 4.74 Å². The molecule has 0 aliphatic rings. The molecule has 3 nitrogen and oxygen atoms in total. The molecular formula is C14H24N2O. The molecule has 1 aromatic rings. The first-order valence-electron chi connectivity index (χ1n) is 6.09. The summed E-state index contributed by atoms with van der Waals surface area (Å²) < 4.78 is 5.43. The Morgan fingerprint density at radius 2 is 2.12 bits per heavy atom. The van der Waals surface area contributed by atoms with Gasteiger partial charge in [-0.15, -0.1) is 0 Å². The number of hydrogen-bond donors (Lipinski definition) is 1. The second kappa shape index (κ2) is 6.62. The first-order valence-corrected chi connectivity index (χ1v) is 6.09. The van der Waals surface area contributed by atoms with Crippen LogP contribution in [0, 0.1) is 6.92 Å². The van der Waals surface area contributed by atoms with Crippen LogP contribution in [0.3, 0.4) is 0 Å². The lowest BCUT2D eigenvalue weighted by Gasteiger charge is -2.26. The Morgan fingerprint density at radius 3 is 2.71 bits per heavy atom. The average Bonchev–Trinajstić information content (AvgIpc) is 2.34. The van der Waals surface area contributed by atoms with E-state index in [1.54, 1.807) is 7.11 Å². The van der Waals surface area contributed by atoms with Crippen LogP contribution in [0.15, 0.2) is 18.2 Å². The highest BCUT2D eigenvalue weighted by atomic mass is 16.5. The molecule has 0 heterocycles. The van der Waals surface area contributed by atoms with Crippen molar-refractivity contribution in [1.82, 2.24) is 10.2 Å². The maximum absolute atomic E-state index is 5.43. The molecule has 0 aliphatic heterocycles. The van der Waals surface area contributed by atoms with Gasteiger partial charge in [0.15, 0.2) is 0 Å². The third-order valence-corrected chi connectivity index (χ3v) is 3.21. The molecule has 1 rings (SSSR count). The number of ether oxygens (including phenoxy) is 1. The summed E-state index contributed by atoms with van der Waals surface area (Å²) in [5.41, 5.74) is 2.53. The highest BCUT2D eigenvalue weighted by molar-refractivity contribution is 5.38. The number of methoxy groups -OCH3 is 1. The number of aryl methyl sites for hydroxylation is 1. The molecule has 1 N–H and O–H groups in total. The minimum Gasteiger partial charge on any atom is -0.496 e. The molecule has 0 fully saturated rings. The average molecular weight is 236 g/mol. The van der Waals surface area contributed by atoms with Gasteiger partial charge in [0.05, 0.1) is 7.11 Å². The Balaban J connectivity index is 2.86. The van der Waals surface area contributed by atoms with Gasteiger partial charge in [0.25, 0.3) is 0 Å². The van der Waals surface area contributed by atoms with Crippen molar-refractivity contribution in [3.8, 4) is 5.75 Å². The van der Waals surface area contributed by atoms with Gasteiger partial charge >= 0.3 is 0 Å². The Hall–Kier alpha value is -1.06. The highest BCUT2D eigenvalue weighted by Crippen LogP contribution is 2.29. The number of nitrogens with zero attached hydrogens (tertiary/aromatic N) is 1. The van der Waals surface area contributed by atoms with E-state index in [0.717, 1.165) is 18.8 Å². The predicted molar refractivity (Wildman–Crippen MR) is 72.7 cm³/mol. The number of benzene rings is 1. The van der Waals surface area contributed by atoms with E-state index in [1.807, 2.05) is 13.1 Å².